The fourth-order valence-corrected chi connectivity index (χ4v) is 2.21. The van der Waals surface area contributed by atoms with Crippen molar-refractivity contribution < 1.29 is 9.53 Å². The molecule has 6 nitrogen and oxygen atoms in total. The standard InChI is InChI=1S/C12H13BrN4O2/c1-6-10(11(14)17-16-6)12(18)15-7-3-4-9(19-2)8(13)5-7/h3-5H,1-2H3,(H,15,18)(H3,14,16,17). The maximum Gasteiger partial charge on any atom is 0.261 e. The second kappa shape index (κ2) is 5.31. The number of nitrogens with one attached hydrogen (secondary N) is 2. The second-order valence-electron chi connectivity index (χ2n) is 3.91. The van der Waals surface area contributed by atoms with Crippen molar-refractivity contribution in [2.45, 2.75) is 6.92 Å². The topological polar surface area (TPSA) is 93.0 Å². The van der Waals surface area contributed by atoms with Gasteiger partial charge in [-0.2, -0.15) is 5.10 Å². The molecule has 0 spiro atoms. The van der Waals surface area contributed by atoms with Crippen molar-refractivity contribution in [3.05, 3.63) is 33.9 Å². The molecule has 1 heterocycles. The van der Waals surface area contributed by atoms with E-state index in [0.717, 1.165) is 4.47 Å². The van der Waals surface area contributed by atoms with E-state index in [1.807, 2.05) is 0 Å². The van der Waals surface area contributed by atoms with Gasteiger partial charge in [0.15, 0.2) is 5.82 Å². The molecule has 19 heavy (non-hydrogen) atoms. The third-order valence-electron chi connectivity index (χ3n) is 2.61. The van der Waals surface area contributed by atoms with E-state index in [-0.39, 0.29) is 11.7 Å². The van der Waals surface area contributed by atoms with Crippen LogP contribution in [0.2, 0.25) is 0 Å². The molecule has 100 valence electrons. The number of anilines is 2. The van der Waals surface area contributed by atoms with Gasteiger partial charge < -0.3 is 15.8 Å². The number of carbonyl (C=O) groups excluding carboxylic acids is 1. The lowest BCUT2D eigenvalue weighted by molar-refractivity contribution is 0.102. The number of aromatic amines is 1. The molecule has 2 aromatic rings. The number of carbonyl (C=O) groups is 1. The van der Waals surface area contributed by atoms with Crippen LogP contribution < -0.4 is 15.8 Å². The number of rotatable bonds is 3. The summed E-state index contributed by atoms with van der Waals surface area (Å²) in [5.74, 6) is 0.570. The third kappa shape index (κ3) is 2.70. The number of ether oxygens (including phenoxy) is 1. The molecule has 4 N–H and O–H groups in total. The van der Waals surface area contributed by atoms with Crippen LogP contribution in [0, 0.1) is 6.92 Å². The van der Waals surface area contributed by atoms with E-state index in [1.54, 1.807) is 32.2 Å². The van der Waals surface area contributed by atoms with Gasteiger partial charge in [-0.15, -0.1) is 0 Å². The minimum absolute atomic E-state index is 0.183. The van der Waals surface area contributed by atoms with Gasteiger partial charge in [0, 0.05) is 11.4 Å². The Kier molecular flexibility index (Phi) is 3.75. The van der Waals surface area contributed by atoms with Crippen LogP contribution in [-0.4, -0.2) is 23.2 Å². The molecule has 0 bridgehead atoms. The molecule has 7 heteroatoms. The molecule has 2 rings (SSSR count). The van der Waals surface area contributed by atoms with Crippen LogP contribution in [0.25, 0.3) is 0 Å². The number of hydrogen-bond acceptors (Lipinski definition) is 4. The third-order valence-corrected chi connectivity index (χ3v) is 3.23. The Hall–Kier alpha value is -2.02. The fourth-order valence-electron chi connectivity index (χ4n) is 1.67. The Balaban J connectivity index is 2.22. The Morgan fingerprint density at radius 2 is 2.26 bits per heavy atom. The monoisotopic (exact) mass is 324 g/mol. The number of nitrogens with two attached hydrogens (primary N) is 1. The SMILES string of the molecule is COc1ccc(NC(=O)c2c(N)n[nH]c2C)cc1Br. The number of aromatic nitrogens is 2. The number of hydrogen-bond donors (Lipinski definition) is 3. The van der Waals surface area contributed by atoms with E-state index in [1.165, 1.54) is 0 Å². The first-order valence-corrected chi connectivity index (χ1v) is 6.27. The largest absolute Gasteiger partial charge is 0.496 e. The predicted molar refractivity (Wildman–Crippen MR) is 76.4 cm³/mol. The number of nitrogen functional groups attached to an aromatic ring is 1. The van der Waals surface area contributed by atoms with Gasteiger partial charge in [-0.05, 0) is 41.1 Å². The lowest BCUT2D eigenvalue weighted by atomic mass is 10.2. The van der Waals surface area contributed by atoms with E-state index in [2.05, 4.69) is 31.4 Å². The minimum Gasteiger partial charge on any atom is -0.496 e. The number of halogens is 1. The zero-order valence-electron chi connectivity index (χ0n) is 10.5. The number of nitrogens with zero attached hydrogens (tertiary/aromatic N) is 1. The van der Waals surface area contributed by atoms with Crippen molar-refractivity contribution in [2.75, 3.05) is 18.2 Å². The molecule has 1 aromatic heterocycles. The molecule has 0 radical (unpaired) electrons. The summed E-state index contributed by atoms with van der Waals surface area (Å²) in [6.45, 7) is 1.74. The smallest absolute Gasteiger partial charge is 0.261 e. The summed E-state index contributed by atoms with van der Waals surface area (Å²) in [4.78, 5) is 12.1. The molecule has 0 saturated carbocycles. The fraction of sp³-hybridized carbons (Fsp3) is 0.167. The van der Waals surface area contributed by atoms with Gasteiger partial charge in [-0.1, -0.05) is 0 Å². The van der Waals surface area contributed by atoms with Crippen molar-refractivity contribution in [1.82, 2.24) is 10.2 Å². The van der Waals surface area contributed by atoms with Crippen molar-refractivity contribution in [3.63, 3.8) is 0 Å². The molecule has 0 aliphatic heterocycles. The zero-order chi connectivity index (χ0) is 14.0. The quantitative estimate of drug-likeness (QED) is 0.807. The first-order chi connectivity index (χ1) is 9.02. The van der Waals surface area contributed by atoms with Crippen LogP contribution in [0.3, 0.4) is 0 Å². The van der Waals surface area contributed by atoms with E-state index in [0.29, 0.717) is 22.7 Å². The van der Waals surface area contributed by atoms with E-state index >= 15 is 0 Å². The first kappa shape index (κ1) is 13.4. The number of aryl methyl sites for hydroxylation is 1. The van der Waals surface area contributed by atoms with Gasteiger partial charge in [0.1, 0.15) is 11.3 Å². The molecule has 0 aliphatic carbocycles. The van der Waals surface area contributed by atoms with Crippen LogP contribution in [0.4, 0.5) is 11.5 Å². The predicted octanol–water partition coefficient (Wildman–Crippen LogP) is 2.32. The number of H-pyrrole nitrogens is 1. The number of benzene rings is 1. The highest BCUT2D eigenvalue weighted by Crippen LogP contribution is 2.28. The highest BCUT2D eigenvalue weighted by Gasteiger charge is 2.16. The maximum atomic E-state index is 12.1. The normalized spacial score (nSPS) is 10.3. The summed E-state index contributed by atoms with van der Waals surface area (Å²) in [5.41, 5.74) is 7.26. The first-order valence-electron chi connectivity index (χ1n) is 5.48. The molecule has 0 aliphatic rings. The van der Waals surface area contributed by atoms with E-state index in [4.69, 9.17) is 10.5 Å². The maximum absolute atomic E-state index is 12.1. The lowest BCUT2D eigenvalue weighted by Gasteiger charge is -2.08. The summed E-state index contributed by atoms with van der Waals surface area (Å²) >= 11 is 3.36. The van der Waals surface area contributed by atoms with Crippen molar-refractivity contribution >= 4 is 33.3 Å². The van der Waals surface area contributed by atoms with E-state index < -0.39 is 0 Å². The van der Waals surface area contributed by atoms with Crippen LogP contribution in [0.5, 0.6) is 5.75 Å². The minimum atomic E-state index is -0.305. The van der Waals surface area contributed by atoms with Crippen molar-refractivity contribution in [3.8, 4) is 5.75 Å². The number of amides is 1. The van der Waals surface area contributed by atoms with Crippen molar-refractivity contribution in [1.29, 1.82) is 0 Å². The van der Waals surface area contributed by atoms with E-state index in [9.17, 15) is 4.79 Å². The number of methoxy groups -OCH3 is 1. The summed E-state index contributed by atoms with van der Waals surface area (Å²) < 4.78 is 5.88. The molecular formula is C12H13BrN4O2. The van der Waals surface area contributed by atoms with Crippen LogP contribution >= 0.6 is 15.9 Å². The summed E-state index contributed by atoms with van der Waals surface area (Å²) in [6.07, 6.45) is 0. The second-order valence-corrected chi connectivity index (χ2v) is 4.77. The molecular weight excluding hydrogens is 312 g/mol. The van der Waals surface area contributed by atoms with Gasteiger partial charge in [0.05, 0.1) is 11.6 Å². The van der Waals surface area contributed by atoms with Crippen LogP contribution in [0.1, 0.15) is 16.1 Å². The Morgan fingerprint density at radius 1 is 1.53 bits per heavy atom. The summed E-state index contributed by atoms with van der Waals surface area (Å²) in [7, 11) is 1.58. The van der Waals surface area contributed by atoms with Gasteiger partial charge in [-0.25, -0.2) is 0 Å². The van der Waals surface area contributed by atoms with Crippen LogP contribution in [0.15, 0.2) is 22.7 Å². The molecule has 1 aromatic carbocycles. The Labute approximate surface area is 118 Å². The molecule has 1 amide bonds. The molecule has 0 fully saturated rings. The van der Waals surface area contributed by atoms with Gasteiger partial charge in [0.2, 0.25) is 0 Å². The average molecular weight is 325 g/mol. The Bertz CT molecular complexity index is 605. The summed E-state index contributed by atoms with van der Waals surface area (Å²) in [6, 6.07) is 5.25. The highest BCUT2D eigenvalue weighted by molar-refractivity contribution is 9.10. The van der Waals surface area contributed by atoms with Gasteiger partial charge in [0.25, 0.3) is 5.91 Å². The lowest BCUT2D eigenvalue weighted by Crippen LogP contribution is -2.14. The zero-order valence-corrected chi connectivity index (χ0v) is 12.0. The molecule has 0 atom stereocenters. The highest BCUT2D eigenvalue weighted by atomic mass is 79.9. The van der Waals surface area contributed by atoms with Gasteiger partial charge >= 0.3 is 0 Å². The molecule has 0 saturated heterocycles. The average Bonchev–Trinajstić information content (AvgIpc) is 2.69. The van der Waals surface area contributed by atoms with Gasteiger partial charge in [-0.3, -0.25) is 9.89 Å². The summed E-state index contributed by atoms with van der Waals surface area (Å²) in [5, 5.41) is 9.21. The van der Waals surface area contributed by atoms with Crippen LogP contribution in [-0.2, 0) is 0 Å². The molecule has 0 unspecified atom stereocenters. The van der Waals surface area contributed by atoms with Crippen molar-refractivity contribution in [2.24, 2.45) is 0 Å². The Morgan fingerprint density at radius 3 is 2.79 bits per heavy atom.